The zero-order valence-corrected chi connectivity index (χ0v) is 8.62. The highest BCUT2D eigenvalue weighted by Crippen LogP contribution is 2.32. The lowest BCUT2D eigenvalue weighted by Crippen LogP contribution is -2.33. The summed E-state index contributed by atoms with van der Waals surface area (Å²) in [4.78, 5) is 17.7. The minimum Gasteiger partial charge on any atom is -0.493 e. The van der Waals surface area contributed by atoms with Crippen molar-refractivity contribution in [1.29, 1.82) is 0 Å². The molecule has 0 spiro atoms. The number of hydrogen-bond acceptors (Lipinski definition) is 4. The van der Waals surface area contributed by atoms with E-state index in [1.54, 1.807) is 0 Å². The van der Waals surface area contributed by atoms with Gasteiger partial charge in [0.05, 0.1) is 6.07 Å². The van der Waals surface area contributed by atoms with Crippen LogP contribution in [-0.4, -0.2) is 21.7 Å². The molecule has 0 radical (unpaired) electrons. The molecule has 5 nitrogen and oxygen atoms in total. The average molecular weight is 210 g/mol. The third-order valence-electron chi connectivity index (χ3n) is 2.70. The molecule has 0 saturated carbocycles. The predicted molar refractivity (Wildman–Crippen MR) is 53.7 cm³/mol. The summed E-state index contributed by atoms with van der Waals surface area (Å²) >= 11 is 0. The van der Waals surface area contributed by atoms with Crippen LogP contribution in [0.3, 0.4) is 0 Å². The Hall–Kier alpha value is -1.36. The van der Waals surface area contributed by atoms with Crippen molar-refractivity contribution >= 4 is 0 Å². The summed E-state index contributed by atoms with van der Waals surface area (Å²) in [6, 6.07) is 1.05. The van der Waals surface area contributed by atoms with E-state index in [-0.39, 0.29) is 11.4 Å². The lowest BCUT2D eigenvalue weighted by molar-refractivity contribution is -0.0764. The number of rotatable bonds is 1. The number of aromatic nitrogens is 2. The Balaban J connectivity index is 2.38. The van der Waals surface area contributed by atoms with Gasteiger partial charge in [-0.2, -0.15) is 4.98 Å². The molecule has 1 atom stereocenters. The van der Waals surface area contributed by atoms with Gasteiger partial charge >= 0.3 is 0 Å². The zero-order valence-electron chi connectivity index (χ0n) is 8.62. The number of aromatic hydroxyl groups is 1. The maximum absolute atomic E-state index is 11.2. The number of H-pyrrole nitrogens is 1. The lowest BCUT2D eigenvalue weighted by atomic mass is 9.95. The molecule has 2 rings (SSSR count). The number of aromatic amines is 1. The van der Waals surface area contributed by atoms with Crippen molar-refractivity contribution in [3.63, 3.8) is 0 Å². The first-order valence-corrected chi connectivity index (χ1v) is 5.05. The van der Waals surface area contributed by atoms with Crippen molar-refractivity contribution in [3.05, 3.63) is 22.2 Å². The smallest absolute Gasteiger partial charge is 0.254 e. The second-order valence-electron chi connectivity index (χ2n) is 3.99. The fourth-order valence-corrected chi connectivity index (χ4v) is 1.82. The molecular formula is C10H14N2O3. The summed E-state index contributed by atoms with van der Waals surface area (Å²) < 4.78 is 5.62. The highest BCUT2D eigenvalue weighted by atomic mass is 16.5. The van der Waals surface area contributed by atoms with Crippen LogP contribution in [0.4, 0.5) is 0 Å². The third kappa shape index (κ3) is 2.02. The van der Waals surface area contributed by atoms with Crippen LogP contribution >= 0.6 is 0 Å². The summed E-state index contributed by atoms with van der Waals surface area (Å²) in [5.74, 6) is 0.149. The van der Waals surface area contributed by atoms with Gasteiger partial charge in [0.1, 0.15) is 11.4 Å². The van der Waals surface area contributed by atoms with Gasteiger partial charge in [-0.3, -0.25) is 4.79 Å². The number of ether oxygens (including phenoxy) is 1. The monoisotopic (exact) mass is 210 g/mol. The predicted octanol–water partition coefficient (Wildman–Crippen LogP) is 0.891. The number of hydrogen-bond donors (Lipinski definition) is 2. The molecule has 1 aliphatic rings. The molecule has 82 valence electrons. The minimum absolute atomic E-state index is 0.260. The molecule has 2 N–H and O–H groups in total. The molecule has 1 fully saturated rings. The van der Waals surface area contributed by atoms with Crippen molar-refractivity contribution < 1.29 is 9.84 Å². The average Bonchev–Trinajstić information content (AvgIpc) is 2.17. The fourth-order valence-electron chi connectivity index (χ4n) is 1.82. The van der Waals surface area contributed by atoms with Crippen molar-refractivity contribution in [3.8, 4) is 5.88 Å². The maximum atomic E-state index is 11.2. The van der Waals surface area contributed by atoms with Gasteiger partial charge in [0, 0.05) is 6.61 Å². The molecule has 0 aliphatic carbocycles. The highest BCUT2D eigenvalue weighted by molar-refractivity contribution is 5.11. The zero-order chi connectivity index (χ0) is 10.9. The molecule has 2 heterocycles. The van der Waals surface area contributed by atoms with Gasteiger partial charge in [0.2, 0.25) is 5.88 Å². The first-order valence-electron chi connectivity index (χ1n) is 5.05. The van der Waals surface area contributed by atoms with Crippen molar-refractivity contribution in [2.45, 2.75) is 31.8 Å². The normalized spacial score (nSPS) is 26.5. The van der Waals surface area contributed by atoms with Gasteiger partial charge < -0.3 is 14.8 Å². The van der Waals surface area contributed by atoms with Crippen LogP contribution in [0.2, 0.25) is 0 Å². The van der Waals surface area contributed by atoms with E-state index in [2.05, 4.69) is 9.97 Å². The van der Waals surface area contributed by atoms with Crippen LogP contribution < -0.4 is 5.56 Å². The topological polar surface area (TPSA) is 75.2 Å². The molecule has 1 unspecified atom stereocenters. The molecule has 0 bridgehead atoms. The Labute approximate surface area is 87.1 Å². The Morgan fingerprint density at radius 3 is 3.00 bits per heavy atom. The van der Waals surface area contributed by atoms with Crippen LogP contribution in [0, 0.1) is 0 Å². The van der Waals surface area contributed by atoms with Gasteiger partial charge in [-0.05, 0) is 26.2 Å². The van der Waals surface area contributed by atoms with Crippen LogP contribution in [-0.2, 0) is 10.3 Å². The van der Waals surface area contributed by atoms with E-state index >= 15 is 0 Å². The summed E-state index contributed by atoms with van der Waals surface area (Å²) in [5.41, 5.74) is -0.927. The van der Waals surface area contributed by atoms with E-state index < -0.39 is 5.60 Å². The maximum Gasteiger partial charge on any atom is 0.254 e. The van der Waals surface area contributed by atoms with E-state index in [9.17, 15) is 9.90 Å². The van der Waals surface area contributed by atoms with E-state index in [0.29, 0.717) is 12.4 Å². The Bertz CT molecular complexity index is 407. The summed E-state index contributed by atoms with van der Waals surface area (Å²) in [5, 5.41) is 9.25. The number of nitrogens with zero attached hydrogens (tertiary/aromatic N) is 1. The SMILES string of the molecule is CC1(c2nc(O)cc(=O)[nH]2)CCCCO1. The second-order valence-corrected chi connectivity index (χ2v) is 3.99. The standard InChI is InChI=1S/C10H14N2O3/c1-10(4-2-3-5-15-10)9-11-7(13)6-8(14)12-9/h6H,2-5H2,1H3,(H2,11,12,13,14). The van der Waals surface area contributed by atoms with Crippen molar-refractivity contribution in [2.75, 3.05) is 6.61 Å². The molecular weight excluding hydrogens is 196 g/mol. The Kier molecular flexibility index (Phi) is 2.48. The van der Waals surface area contributed by atoms with Gasteiger partial charge in [0.15, 0.2) is 0 Å². The third-order valence-corrected chi connectivity index (χ3v) is 2.70. The molecule has 1 aromatic rings. The number of nitrogens with one attached hydrogen (secondary N) is 1. The summed E-state index contributed by atoms with van der Waals surface area (Å²) in [6.07, 6.45) is 2.87. The first kappa shape index (κ1) is 10.2. The summed E-state index contributed by atoms with van der Waals surface area (Å²) in [7, 11) is 0. The summed E-state index contributed by atoms with van der Waals surface area (Å²) in [6.45, 7) is 2.54. The fraction of sp³-hybridized carbons (Fsp3) is 0.600. The van der Waals surface area contributed by atoms with Gasteiger partial charge in [-0.15, -0.1) is 0 Å². The molecule has 1 aromatic heterocycles. The Morgan fingerprint density at radius 1 is 1.60 bits per heavy atom. The first-order chi connectivity index (χ1) is 7.10. The van der Waals surface area contributed by atoms with Gasteiger partial charge in [-0.25, -0.2) is 0 Å². The van der Waals surface area contributed by atoms with Crippen LogP contribution in [0.15, 0.2) is 10.9 Å². The van der Waals surface area contributed by atoms with Crippen molar-refractivity contribution in [2.24, 2.45) is 0 Å². The van der Waals surface area contributed by atoms with Gasteiger partial charge in [0.25, 0.3) is 5.56 Å². The molecule has 1 aliphatic heterocycles. The van der Waals surface area contributed by atoms with E-state index in [1.807, 2.05) is 6.92 Å². The molecule has 0 aromatic carbocycles. The van der Waals surface area contributed by atoms with Crippen LogP contribution in [0.1, 0.15) is 32.0 Å². The minimum atomic E-state index is -0.573. The lowest BCUT2D eigenvalue weighted by Gasteiger charge is -2.32. The van der Waals surface area contributed by atoms with Gasteiger partial charge in [-0.1, -0.05) is 0 Å². The van der Waals surface area contributed by atoms with Crippen molar-refractivity contribution in [1.82, 2.24) is 9.97 Å². The molecule has 15 heavy (non-hydrogen) atoms. The van der Waals surface area contributed by atoms with Crippen LogP contribution in [0.25, 0.3) is 0 Å². The molecule has 1 saturated heterocycles. The van der Waals surface area contributed by atoms with E-state index in [0.717, 1.165) is 25.3 Å². The van der Waals surface area contributed by atoms with E-state index in [4.69, 9.17) is 4.74 Å². The second kappa shape index (κ2) is 3.66. The van der Waals surface area contributed by atoms with E-state index in [1.165, 1.54) is 0 Å². The molecule has 5 heteroatoms. The Morgan fingerprint density at radius 2 is 2.40 bits per heavy atom. The van der Waals surface area contributed by atoms with Crippen LogP contribution in [0.5, 0.6) is 5.88 Å². The largest absolute Gasteiger partial charge is 0.493 e. The highest BCUT2D eigenvalue weighted by Gasteiger charge is 2.32. The quantitative estimate of drug-likeness (QED) is 0.721. The molecule has 0 amide bonds.